The van der Waals surface area contributed by atoms with Crippen LogP contribution in [0.2, 0.25) is 5.02 Å². The van der Waals surface area contributed by atoms with Gasteiger partial charge in [0.2, 0.25) is 0 Å². The molecule has 0 spiro atoms. The molecule has 2 nitrogen and oxygen atoms in total. The lowest BCUT2D eigenvalue weighted by atomic mass is 9.77. The molecular formula is C12H15Cl2F2NO. The van der Waals surface area contributed by atoms with E-state index < -0.39 is 23.8 Å². The minimum absolute atomic E-state index is 0. The topological polar surface area (TPSA) is 46.2 Å². The van der Waals surface area contributed by atoms with Gasteiger partial charge in [-0.15, -0.1) is 12.4 Å². The molecular weight excluding hydrogens is 283 g/mol. The number of aliphatic hydroxyl groups is 1. The van der Waals surface area contributed by atoms with Crippen LogP contribution in [0.3, 0.4) is 0 Å². The third-order valence-corrected chi connectivity index (χ3v) is 3.80. The van der Waals surface area contributed by atoms with Crippen molar-refractivity contribution in [2.75, 3.05) is 0 Å². The van der Waals surface area contributed by atoms with E-state index in [1.165, 1.54) is 0 Å². The predicted molar refractivity (Wildman–Crippen MR) is 68.9 cm³/mol. The second-order valence-corrected chi connectivity index (χ2v) is 4.84. The molecule has 0 bridgehead atoms. The predicted octanol–water partition coefficient (Wildman–Crippen LogP) is 3.20. The van der Waals surface area contributed by atoms with Crippen molar-refractivity contribution < 1.29 is 13.9 Å². The van der Waals surface area contributed by atoms with E-state index in [-0.39, 0.29) is 28.9 Å². The highest BCUT2D eigenvalue weighted by atomic mass is 35.5. The molecule has 0 aliphatic heterocycles. The minimum atomic E-state index is -0.983. The molecule has 0 saturated heterocycles. The van der Waals surface area contributed by atoms with E-state index >= 15 is 0 Å². The third kappa shape index (κ3) is 2.77. The maximum atomic E-state index is 13.6. The molecule has 0 unspecified atom stereocenters. The fourth-order valence-electron chi connectivity index (χ4n) is 2.09. The van der Waals surface area contributed by atoms with Crippen molar-refractivity contribution in [1.29, 1.82) is 0 Å². The lowest BCUT2D eigenvalue weighted by Crippen LogP contribution is -2.37. The standard InChI is InChI=1S/C12H14ClF2NO.ClH/c13-10-8(15)5-4-7(14)9(10)11(16)12(17)6-2-1-3-6;/h4-6,11-12,17H,1-3,16H2;1H/t11-,12+;/m1./s1. The summed E-state index contributed by atoms with van der Waals surface area (Å²) in [6.45, 7) is 0. The number of aliphatic hydroxyl groups excluding tert-OH is 1. The lowest BCUT2D eigenvalue weighted by molar-refractivity contribution is 0.0404. The lowest BCUT2D eigenvalue weighted by Gasteiger charge is -2.34. The van der Waals surface area contributed by atoms with Gasteiger partial charge in [-0.25, -0.2) is 8.78 Å². The highest BCUT2D eigenvalue weighted by molar-refractivity contribution is 6.31. The fourth-order valence-corrected chi connectivity index (χ4v) is 2.37. The van der Waals surface area contributed by atoms with Gasteiger partial charge in [0.05, 0.1) is 17.2 Å². The number of nitrogens with two attached hydrogens (primary N) is 1. The van der Waals surface area contributed by atoms with Crippen molar-refractivity contribution in [3.63, 3.8) is 0 Å². The van der Waals surface area contributed by atoms with Gasteiger partial charge in [0.15, 0.2) is 0 Å². The van der Waals surface area contributed by atoms with Crippen molar-refractivity contribution in [3.8, 4) is 0 Å². The molecule has 1 saturated carbocycles. The van der Waals surface area contributed by atoms with E-state index in [1.807, 2.05) is 0 Å². The Hall–Kier alpha value is -0.420. The Labute approximate surface area is 116 Å². The van der Waals surface area contributed by atoms with E-state index in [0.29, 0.717) is 0 Å². The minimum Gasteiger partial charge on any atom is -0.391 e. The van der Waals surface area contributed by atoms with Crippen LogP contribution >= 0.6 is 24.0 Å². The molecule has 1 fully saturated rings. The first-order valence-electron chi connectivity index (χ1n) is 5.59. The quantitative estimate of drug-likeness (QED) is 0.842. The summed E-state index contributed by atoms with van der Waals surface area (Å²) in [6, 6.07) is 0.941. The van der Waals surface area contributed by atoms with Gasteiger partial charge in [0.25, 0.3) is 0 Å². The van der Waals surface area contributed by atoms with Crippen LogP contribution in [-0.4, -0.2) is 11.2 Å². The summed E-state index contributed by atoms with van der Waals surface area (Å²) in [4.78, 5) is 0. The van der Waals surface area contributed by atoms with Crippen LogP contribution in [0.25, 0.3) is 0 Å². The normalized spacial score (nSPS) is 18.7. The molecule has 1 aromatic carbocycles. The average molecular weight is 298 g/mol. The molecule has 102 valence electrons. The maximum Gasteiger partial charge on any atom is 0.142 e. The van der Waals surface area contributed by atoms with E-state index in [0.717, 1.165) is 31.4 Å². The zero-order valence-electron chi connectivity index (χ0n) is 9.57. The first-order valence-corrected chi connectivity index (χ1v) is 5.97. The van der Waals surface area contributed by atoms with Gasteiger partial charge < -0.3 is 10.8 Å². The summed E-state index contributed by atoms with van der Waals surface area (Å²) in [5.41, 5.74) is 5.65. The van der Waals surface area contributed by atoms with E-state index in [4.69, 9.17) is 17.3 Å². The molecule has 3 N–H and O–H groups in total. The molecule has 6 heteroatoms. The summed E-state index contributed by atoms with van der Waals surface area (Å²) in [7, 11) is 0. The van der Waals surface area contributed by atoms with Gasteiger partial charge in [-0.2, -0.15) is 0 Å². The molecule has 2 atom stereocenters. The van der Waals surface area contributed by atoms with Crippen molar-refractivity contribution >= 4 is 24.0 Å². The van der Waals surface area contributed by atoms with Crippen LogP contribution in [0.15, 0.2) is 12.1 Å². The monoisotopic (exact) mass is 297 g/mol. The van der Waals surface area contributed by atoms with Gasteiger partial charge in [-0.05, 0) is 30.9 Å². The molecule has 0 amide bonds. The van der Waals surface area contributed by atoms with Gasteiger partial charge in [0, 0.05) is 5.56 Å². The van der Waals surface area contributed by atoms with Crippen molar-refractivity contribution in [3.05, 3.63) is 34.4 Å². The fraction of sp³-hybridized carbons (Fsp3) is 0.500. The zero-order chi connectivity index (χ0) is 12.6. The van der Waals surface area contributed by atoms with Gasteiger partial charge in [-0.1, -0.05) is 18.0 Å². The zero-order valence-corrected chi connectivity index (χ0v) is 11.1. The highest BCUT2D eigenvalue weighted by Gasteiger charge is 2.33. The van der Waals surface area contributed by atoms with Gasteiger partial charge in [0.1, 0.15) is 11.6 Å². The number of rotatable bonds is 3. The largest absolute Gasteiger partial charge is 0.391 e. The van der Waals surface area contributed by atoms with Crippen LogP contribution in [0.1, 0.15) is 30.9 Å². The Balaban J connectivity index is 0.00000162. The molecule has 0 radical (unpaired) electrons. The Morgan fingerprint density at radius 2 is 1.83 bits per heavy atom. The van der Waals surface area contributed by atoms with Gasteiger partial charge in [-0.3, -0.25) is 0 Å². The second kappa shape index (κ2) is 6.15. The Bertz CT molecular complexity index is 427. The molecule has 1 aromatic rings. The van der Waals surface area contributed by atoms with E-state index in [1.54, 1.807) is 0 Å². The van der Waals surface area contributed by atoms with Crippen LogP contribution in [0.5, 0.6) is 0 Å². The van der Waals surface area contributed by atoms with E-state index in [2.05, 4.69) is 0 Å². The smallest absolute Gasteiger partial charge is 0.142 e. The first-order chi connectivity index (χ1) is 8.02. The van der Waals surface area contributed by atoms with Crippen LogP contribution in [0, 0.1) is 17.6 Å². The Morgan fingerprint density at radius 3 is 2.33 bits per heavy atom. The highest BCUT2D eigenvalue weighted by Crippen LogP contribution is 2.37. The van der Waals surface area contributed by atoms with Crippen molar-refractivity contribution in [2.45, 2.75) is 31.4 Å². The molecule has 18 heavy (non-hydrogen) atoms. The number of halogens is 4. The second-order valence-electron chi connectivity index (χ2n) is 4.46. The van der Waals surface area contributed by atoms with Crippen LogP contribution < -0.4 is 5.73 Å². The average Bonchev–Trinajstić information content (AvgIpc) is 2.21. The SMILES string of the molecule is Cl.N[C@H](c1c(F)ccc(F)c1Cl)[C@@H](O)C1CCC1. The molecule has 1 aliphatic rings. The molecule has 0 heterocycles. The Morgan fingerprint density at radius 1 is 1.28 bits per heavy atom. The summed E-state index contributed by atoms with van der Waals surface area (Å²) >= 11 is 5.70. The van der Waals surface area contributed by atoms with Gasteiger partial charge >= 0.3 is 0 Å². The van der Waals surface area contributed by atoms with E-state index in [9.17, 15) is 13.9 Å². The van der Waals surface area contributed by atoms with Crippen molar-refractivity contribution in [1.82, 2.24) is 0 Å². The maximum absolute atomic E-state index is 13.6. The number of benzene rings is 1. The number of hydrogen-bond acceptors (Lipinski definition) is 2. The molecule has 0 aromatic heterocycles. The summed E-state index contributed by atoms with van der Waals surface area (Å²) in [5, 5.41) is 9.62. The summed E-state index contributed by atoms with van der Waals surface area (Å²) in [5.74, 6) is -1.34. The molecule has 2 rings (SSSR count). The Kier molecular flexibility index (Phi) is 5.34. The van der Waals surface area contributed by atoms with Crippen LogP contribution in [0.4, 0.5) is 8.78 Å². The molecule has 1 aliphatic carbocycles. The first kappa shape index (κ1) is 15.6. The third-order valence-electron chi connectivity index (χ3n) is 3.41. The van der Waals surface area contributed by atoms with Crippen molar-refractivity contribution in [2.24, 2.45) is 11.7 Å². The summed E-state index contributed by atoms with van der Waals surface area (Å²) in [6.07, 6.45) is 1.89. The summed E-state index contributed by atoms with van der Waals surface area (Å²) < 4.78 is 26.8. The van der Waals surface area contributed by atoms with Crippen LogP contribution in [-0.2, 0) is 0 Å². The number of hydrogen-bond donors (Lipinski definition) is 2.